The lowest BCUT2D eigenvalue weighted by Gasteiger charge is -2.10. The summed E-state index contributed by atoms with van der Waals surface area (Å²) in [5.74, 6) is 0.534. The van der Waals surface area contributed by atoms with Gasteiger partial charge in [0.25, 0.3) is 5.56 Å². The largest absolute Gasteiger partial charge is 0.356 e. The van der Waals surface area contributed by atoms with E-state index in [0.717, 1.165) is 10.1 Å². The Morgan fingerprint density at radius 3 is 2.48 bits per heavy atom. The first-order valence-corrected chi connectivity index (χ1v) is 8.25. The van der Waals surface area contributed by atoms with Gasteiger partial charge in [-0.3, -0.25) is 18.5 Å². The van der Waals surface area contributed by atoms with E-state index in [1.165, 1.54) is 11.6 Å². The lowest BCUT2D eigenvalue weighted by Crippen LogP contribution is -2.53. The van der Waals surface area contributed by atoms with Crippen molar-refractivity contribution in [3.8, 4) is 0 Å². The highest BCUT2D eigenvalue weighted by Crippen LogP contribution is 2.18. The zero-order chi connectivity index (χ0) is 18.1. The van der Waals surface area contributed by atoms with Crippen LogP contribution in [0.5, 0.6) is 0 Å². The highest BCUT2D eigenvalue weighted by Gasteiger charge is 2.19. The molecule has 0 radical (unpaired) electrons. The maximum atomic E-state index is 12.7. The second-order valence-electron chi connectivity index (χ2n) is 5.81. The van der Waals surface area contributed by atoms with Crippen molar-refractivity contribution in [3.63, 3.8) is 0 Å². The maximum absolute atomic E-state index is 12.7. The molecule has 0 amide bonds. The zero-order valence-corrected chi connectivity index (χ0v) is 14.9. The number of imidazole rings is 1. The Labute approximate surface area is 148 Å². The lowest BCUT2D eigenvalue weighted by molar-refractivity contribution is -0.362. The second-order valence-corrected chi connectivity index (χ2v) is 6.24. The fourth-order valence-electron chi connectivity index (χ4n) is 2.71. The van der Waals surface area contributed by atoms with Crippen molar-refractivity contribution in [3.05, 3.63) is 55.7 Å². The molecule has 3 aromatic rings. The van der Waals surface area contributed by atoms with Crippen LogP contribution < -0.4 is 22.3 Å². The molecule has 3 rings (SSSR count). The SMILES string of the molecule is Cn1c(=O)c2c(nc(NCC[NH3+])n2Cc2ccc(Cl)cc2)n(C)c1=O. The minimum atomic E-state index is -0.405. The normalized spacial score (nSPS) is 11.2. The first-order valence-electron chi connectivity index (χ1n) is 7.88. The molecule has 8 nitrogen and oxygen atoms in total. The van der Waals surface area contributed by atoms with E-state index in [-0.39, 0.29) is 5.56 Å². The number of hydrogen-bond acceptors (Lipinski definition) is 4. The van der Waals surface area contributed by atoms with E-state index >= 15 is 0 Å². The summed E-state index contributed by atoms with van der Waals surface area (Å²) >= 11 is 5.94. The number of aryl methyl sites for hydroxylation is 1. The minimum absolute atomic E-state index is 0.355. The van der Waals surface area contributed by atoms with Crippen LogP contribution in [0.1, 0.15) is 5.56 Å². The molecule has 0 aliphatic rings. The number of halogens is 1. The average Bonchev–Trinajstić information content (AvgIpc) is 2.96. The van der Waals surface area contributed by atoms with Gasteiger partial charge in [-0.1, -0.05) is 23.7 Å². The van der Waals surface area contributed by atoms with Crippen LogP contribution in [0.4, 0.5) is 5.95 Å². The molecule has 0 spiro atoms. The van der Waals surface area contributed by atoms with Crippen molar-refractivity contribution >= 4 is 28.7 Å². The topological polar surface area (TPSA) is 101 Å². The molecule has 2 heterocycles. The summed E-state index contributed by atoms with van der Waals surface area (Å²) < 4.78 is 4.26. The van der Waals surface area contributed by atoms with Gasteiger partial charge in [0.15, 0.2) is 11.2 Å². The van der Waals surface area contributed by atoms with E-state index in [9.17, 15) is 9.59 Å². The number of hydrogen-bond donors (Lipinski definition) is 2. The van der Waals surface area contributed by atoms with Crippen molar-refractivity contribution in [2.24, 2.45) is 14.1 Å². The van der Waals surface area contributed by atoms with Crippen LogP contribution >= 0.6 is 11.6 Å². The quantitative estimate of drug-likeness (QED) is 0.654. The van der Waals surface area contributed by atoms with Gasteiger partial charge < -0.3 is 11.1 Å². The van der Waals surface area contributed by atoms with Crippen molar-refractivity contribution in [2.75, 3.05) is 18.4 Å². The number of rotatable bonds is 5. The van der Waals surface area contributed by atoms with Crippen molar-refractivity contribution in [2.45, 2.75) is 6.54 Å². The van der Waals surface area contributed by atoms with Gasteiger partial charge in [0.1, 0.15) is 0 Å². The summed E-state index contributed by atoms with van der Waals surface area (Å²) in [6.45, 7) is 1.71. The third kappa shape index (κ3) is 3.06. The lowest BCUT2D eigenvalue weighted by atomic mass is 10.2. The molecule has 0 saturated carbocycles. The predicted molar refractivity (Wildman–Crippen MR) is 97.0 cm³/mol. The van der Waals surface area contributed by atoms with Gasteiger partial charge in [0.05, 0.1) is 19.6 Å². The van der Waals surface area contributed by atoms with Crippen LogP contribution in [0.2, 0.25) is 5.02 Å². The van der Waals surface area contributed by atoms with E-state index in [0.29, 0.717) is 41.8 Å². The molecule has 2 aromatic heterocycles. The molecule has 0 aliphatic heterocycles. The summed E-state index contributed by atoms with van der Waals surface area (Å²) in [5, 5.41) is 3.82. The van der Waals surface area contributed by atoms with Crippen LogP contribution in [-0.2, 0) is 20.6 Å². The second kappa shape index (κ2) is 6.73. The molecular formula is C16H20ClN6O2+. The molecule has 0 atom stereocenters. The number of nitrogens with one attached hydrogen (secondary N) is 1. The third-order valence-corrected chi connectivity index (χ3v) is 4.31. The molecule has 9 heteroatoms. The van der Waals surface area contributed by atoms with Crippen LogP contribution in [-0.4, -0.2) is 31.8 Å². The molecule has 0 unspecified atom stereocenters. The molecule has 0 saturated heterocycles. The van der Waals surface area contributed by atoms with Gasteiger partial charge >= 0.3 is 5.69 Å². The van der Waals surface area contributed by atoms with E-state index in [1.54, 1.807) is 23.7 Å². The summed E-state index contributed by atoms with van der Waals surface area (Å²) in [6, 6.07) is 7.39. The van der Waals surface area contributed by atoms with Crippen molar-refractivity contribution < 1.29 is 5.73 Å². The highest BCUT2D eigenvalue weighted by molar-refractivity contribution is 6.30. The number of nitrogens with zero attached hydrogens (tertiary/aromatic N) is 4. The van der Waals surface area contributed by atoms with Gasteiger partial charge in [-0.25, -0.2) is 4.79 Å². The monoisotopic (exact) mass is 363 g/mol. The average molecular weight is 364 g/mol. The molecule has 4 N–H and O–H groups in total. The van der Waals surface area contributed by atoms with Crippen LogP contribution in [0.25, 0.3) is 11.2 Å². The number of fused-ring (bicyclic) bond motifs is 1. The summed E-state index contributed by atoms with van der Waals surface area (Å²) in [5.41, 5.74) is 4.73. The smallest absolute Gasteiger partial charge is 0.332 e. The summed E-state index contributed by atoms with van der Waals surface area (Å²) in [7, 11) is 3.07. The Kier molecular flexibility index (Phi) is 4.65. The first-order chi connectivity index (χ1) is 11.9. The Hall–Kier alpha value is -2.58. The summed E-state index contributed by atoms with van der Waals surface area (Å²) in [6.07, 6.45) is 0. The zero-order valence-electron chi connectivity index (χ0n) is 14.1. The minimum Gasteiger partial charge on any atom is -0.356 e. The number of aromatic nitrogens is 4. The molecular weight excluding hydrogens is 344 g/mol. The Morgan fingerprint density at radius 2 is 1.84 bits per heavy atom. The van der Waals surface area contributed by atoms with E-state index in [2.05, 4.69) is 16.0 Å². The molecule has 1 aromatic carbocycles. The maximum Gasteiger partial charge on any atom is 0.332 e. The predicted octanol–water partition coefficient (Wildman–Crippen LogP) is -0.211. The molecule has 0 fully saturated rings. The van der Waals surface area contributed by atoms with Gasteiger partial charge in [0, 0.05) is 19.1 Å². The van der Waals surface area contributed by atoms with Gasteiger partial charge in [-0.05, 0) is 17.7 Å². The summed E-state index contributed by atoms with van der Waals surface area (Å²) in [4.78, 5) is 29.3. The van der Waals surface area contributed by atoms with E-state index in [4.69, 9.17) is 11.6 Å². The third-order valence-electron chi connectivity index (χ3n) is 4.06. The highest BCUT2D eigenvalue weighted by atomic mass is 35.5. The Morgan fingerprint density at radius 1 is 1.16 bits per heavy atom. The number of anilines is 1. The van der Waals surface area contributed by atoms with E-state index < -0.39 is 5.69 Å². The Balaban J connectivity index is 2.24. The van der Waals surface area contributed by atoms with E-state index in [1.807, 2.05) is 12.1 Å². The fourth-order valence-corrected chi connectivity index (χ4v) is 2.83. The molecule has 0 aliphatic carbocycles. The van der Waals surface area contributed by atoms with Crippen LogP contribution in [0, 0.1) is 0 Å². The molecule has 0 bridgehead atoms. The van der Waals surface area contributed by atoms with Gasteiger partial charge in [-0.15, -0.1) is 0 Å². The van der Waals surface area contributed by atoms with Gasteiger partial charge in [0.2, 0.25) is 5.95 Å². The first kappa shape index (κ1) is 17.2. The fraction of sp³-hybridized carbons (Fsp3) is 0.312. The molecule has 25 heavy (non-hydrogen) atoms. The van der Waals surface area contributed by atoms with Gasteiger partial charge in [-0.2, -0.15) is 4.98 Å². The van der Waals surface area contributed by atoms with Crippen molar-refractivity contribution in [1.29, 1.82) is 0 Å². The van der Waals surface area contributed by atoms with Crippen LogP contribution in [0.15, 0.2) is 33.9 Å². The number of quaternary nitrogens is 1. The standard InChI is InChI=1S/C16H19ClN6O2/c1-21-13-12(14(24)22(2)16(21)25)23(15(20-13)19-8-7-18)9-10-3-5-11(17)6-4-10/h3-6H,7-9,18H2,1-2H3,(H,19,20)/p+1. The van der Waals surface area contributed by atoms with Crippen LogP contribution in [0.3, 0.4) is 0 Å². The van der Waals surface area contributed by atoms with Crippen molar-refractivity contribution in [1.82, 2.24) is 18.7 Å². The molecule has 132 valence electrons. The number of benzene rings is 1. The Bertz CT molecular complexity index is 1030.